The van der Waals surface area contributed by atoms with Crippen LogP contribution in [0, 0.1) is 5.92 Å². The highest BCUT2D eigenvalue weighted by molar-refractivity contribution is 5.55. The first-order chi connectivity index (χ1) is 8.74. The second-order valence-corrected chi connectivity index (χ2v) is 5.51. The Labute approximate surface area is 111 Å². The Hall–Kier alpha value is -1.02. The Balaban J connectivity index is 2.13. The zero-order valence-electron chi connectivity index (χ0n) is 11.9. The summed E-state index contributed by atoms with van der Waals surface area (Å²) in [7, 11) is 0. The smallest absolute Gasteiger partial charge is 0.0399 e. The molecule has 1 aliphatic heterocycles. The highest BCUT2D eigenvalue weighted by Gasteiger charge is 2.22. The van der Waals surface area contributed by atoms with Crippen LogP contribution >= 0.6 is 0 Å². The van der Waals surface area contributed by atoms with Gasteiger partial charge in [-0.1, -0.05) is 39.0 Å². The molecule has 2 atom stereocenters. The number of likely N-dealkylation sites (N-methyl/N-ethyl adjacent to an activating group) is 1. The van der Waals surface area contributed by atoms with Gasteiger partial charge in [0, 0.05) is 24.8 Å². The SMILES string of the molecule is CCNC(CC)CN1CC(C)Cc2ccccc21. The predicted octanol–water partition coefficient (Wildman–Crippen LogP) is 3.07. The number of nitrogens with one attached hydrogen (secondary N) is 1. The molecule has 0 spiro atoms. The van der Waals surface area contributed by atoms with E-state index in [9.17, 15) is 0 Å². The molecule has 18 heavy (non-hydrogen) atoms. The van der Waals surface area contributed by atoms with E-state index in [0.29, 0.717) is 6.04 Å². The van der Waals surface area contributed by atoms with Gasteiger partial charge in [0.15, 0.2) is 0 Å². The van der Waals surface area contributed by atoms with Crippen LogP contribution in [0.2, 0.25) is 0 Å². The molecule has 2 rings (SSSR count). The van der Waals surface area contributed by atoms with Crippen LogP contribution in [0.15, 0.2) is 24.3 Å². The molecule has 0 radical (unpaired) electrons. The molecular formula is C16H26N2. The second kappa shape index (κ2) is 6.24. The summed E-state index contributed by atoms with van der Waals surface area (Å²) in [4.78, 5) is 2.57. The van der Waals surface area contributed by atoms with E-state index < -0.39 is 0 Å². The molecular weight excluding hydrogens is 220 g/mol. The Morgan fingerprint density at radius 1 is 1.33 bits per heavy atom. The lowest BCUT2D eigenvalue weighted by Gasteiger charge is -2.37. The van der Waals surface area contributed by atoms with Crippen LogP contribution < -0.4 is 10.2 Å². The number of rotatable bonds is 5. The van der Waals surface area contributed by atoms with Crippen molar-refractivity contribution in [2.75, 3.05) is 24.5 Å². The fourth-order valence-electron chi connectivity index (χ4n) is 2.97. The lowest BCUT2D eigenvalue weighted by atomic mass is 9.93. The number of benzene rings is 1. The minimum atomic E-state index is 0.605. The molecule has 1 N–H and O–H groups in total. The summed E-state index contributed by atoms with van der Waals surface area (Å²) in [6.07, 6.45) is 2.42. The molecule has 0 fully saturated rings. The van der Waals surface area contributed by atoms with Crippen LogP contribution in [0.5, 0.6) is 0 Å². The van der Waals surface area contributed by atoms with Crippen LogP contribution in [0.1, 0.15) is 32.8 Å². The van der Waals surface area contributed by atoms with Crippen LogP contribution in [-0.2, 0) is 6.42 Å². The van der Waals surface area contributed by atoms with Gasteiger partial charge in [-0.3, -0.25) is 0 Å². The van der Waals surface area contributed by atoms with Crippen molar-refractivity contribution in [3.63, 3.8) is 0 Å². The Morgan fingerprint density at radius 3 is 2.83 bits per heavy atom. The van der Waals surface area contributed by atoms with Crippen molar-refractivity contribution in [3.8, 4) is 0 Å². The third-order valence-corrected chi connectivity index (χ3v) is 3.86. The number of hydrogen-bond donors (Lipinski definition) is 1. The van der Waals surface area contributed by atoms with Gasteiger partial charge in [0.1, 0.15) is 0 Å². The zero-order valence-corrected chi connectivity index (χ0v) is 11.9. The minimum Gasteiger partial charge on any atom is -0.369 e. The zero-order chi connectivity index (χ0) is 13.0. The van der Waals surface area contributed by atoms with Crippen molar-refractivity contribution in [2.45, 2.75) is 39.7 Å². The molecule has 1 aromatic carbocycles. The maximum absolute atomic E-state index is 3.58. The summed E-state index contributed by atoms with van der Waals surface area (Å²) in [6.45, 7) is 10.2. The molecule has 1 aliphatic rings. The lowest BCUT2D eigenvalue weighted by molar-refractivity contribution is 0.464. The van der Waals surface area contributed by atoms with Gasteiger partial charge in [-0.15, -0.1) is 0 Å². The molecule has 0 aliphatic carbocycles. The first-order valence-corrected chi connectivity index (χ1v) is 7.30. The Kier molecular flexibility index (Phi) is 4.65. The molecule has 0 amide bonds. The average molecular weight is 246 g/mol. The Bertz CT molecular complexity index is 375. The van der Waals surface area contributed by atoms with E-state index in [0.717, 1.165) is 19.0 Å². The fraction of sp³-hybridized carbons (Fsp3) is 0.625. The summed E-state index contributed by atoms with van der Waals surface area (Å²) in [5.41, 5.74) is 2.97. The van der Waals surface area contributed by atoms with Crippen molar-refractivity contribution in [2.24, 2.45) is 5.92 Å². The van der Waals surface area contributed by atoms with E-state index in [4.69, 9.17) is 0 Å². The number of nitrogens with zero attached hydrogens (tertiary/aromatic N) is 1. The van der Waals surface area contributed by atoms with Crippen LogP contribution in [0.25, 0.3) is 0 Å². The summed E-state index contributed by atoms with van der Waals surface area (Å²) < 4.78 is 0. The van der Waals surface area contributed by atoms with E-state index in [-0.39, 0.29) is 0 Å². The van der Waals surface area contributed by atoms with Gasteiger partial charge in [0.25, 0.3) is 0 Å². The van der Waals surface area contributed by atoms with Crippen molar-refractivity contribution >= 4 is 5.69 Å². The predicted molar refractivity (Wildman–Crippen MR) is 79.3 cm³/mol. The van der Waals surface area contributed by atoms with Gasteiger partial charge in [0.2, 0.25) is 0 Å². The van der Waals surface area contributed by atoms with Crippen molar-refractivity contribution in [1.82, 2.24) is 5.32 Å². The van der Waals surface area contributed by atoms with Crippen molar-refractivity contribution < 1.29 is 0 Å². The van der Waals surface area contributed by atoms with Crippen LogP contribution in [-0.4, -0.2) is 25.7 Å². The molecule has 0 saturated carbocycles. The van der Waals surface area contributed by atoms with Crippen LogP contribution in [0.3, 0.4) is 0 Å². The quantitative estimate of drug-likeness (QED) is 0.859. The summed E-state index contributed by atoms with van der Waals surface area (Å²) in [6, 6.07) is 9.49. The van der Waals surface area contributed by atoms with Gasteiger partial charge in [-0.05, 0) is 36.9 Å². The van der Waals surface area contributed by atoms with E-state index in [1.807, 2.05) is 0 Å². The topological polar surface area (TPSA) is 15.3 Å². The van der Waals surface area contributed by atoms with Gasteiger partial charge >= 0.3 is 0 Å². The van der Waals surface area contributed by atoms with E-state index in [1.165, 1.54) is 30.6 Å². The van der Waals surface area contributed by atoms with Gasteiger partial charge in [-0.2, -0.15) is 0 Å². The number of para-hydroxylation sites is 1. The monoisotopic (exact) mass is 246 g/mol. The largest absolute Gasteiger partial charge is 0.369 e. The molecule has 1 aromatic rings. The maximum atomic E-state index is 3.58. The van der Waals surface area contributed by atoms with E-state index in [2.05, 4.69) is 55.3 Å². The number of hydrogen-bond acceptors (Lipinski definition) is 2. The van der Waals surface area contributed by atoms with Crippen molar-refractivity contribution in [1.29, 1.82) is 0 Å². The van der Waals surface area contributed by atoms with E-state index in [1.54, 1.807) is 0 Å². The molecule has 0 saturated heterocycles. The first-order valence-electron chi connectivity index (χ1n) is 7.30. The molecule has 2 nitrogen and oxygen atoms in total. The van der Waals surface area contributed by atoms with Crippen molar-refractivity contribution in [3.05, 3.63) is 29.8 Å². The normalized spacial score (nSPS) is 20.6. The molecule has 1 heterocycles. The third-order valence-electron chi connectivity index (χ3n) is 3.86. The maximum Gasteiger partial charge on any atom is 0.0399 e. The Morgan fingerprint density at radius 2 is 2.11 bits per heavy atom. The summed E-state index contributed by atoms with van der Waals surface area (Å²) >= 11 is 0. The fourth-order valence-corrected chi connectivity index (χ4v) is 2.97. The molecule has 2 heteroatoms. The van der Waals surface area contributed by atoms with Gasteiger partial charge in [-0.25, -0.2) is 0 Å². The summed E-state index contributed by atoms with van der Waals surface area (Å²) in [5, 5.41) is 3.58. The second-order valence-electron chi connectivity index (χ2n) is 5.51. The molecule has 0 bridgehead atoms. The number of anilines is 1. The third kappa shape index (κ3) is 3.05. The highest BCUT2D eigenvalue weighted by Crippen LogP contribution is 2.29. The molecule has 100 valence electrons. The van der Waals surface area contributed by atoms with Gasteiger partial charge < -0.3 is 10.2 Å². The minimum absolute atomic E-state index is 0.605. The average Bonchev–Trinajstić information content (AvgIpc) is 2.38. The standard InChI is InChI=1S/C16H26N2/c1-4-15(17-5-2)12-18-11-13(3)10-14-8-6-7-9-16(14)18/h6-9,13,15,17H,4-5,10-12H2,1-3H3. The highest BCUT2D eigenvalue weighted by atomic mass is 15.2. The van der Waals surface area contributed by atoms with E-state index >= 15 is 0 Å². The number of fused-ring (bicyclic) bond motifs is 1. The molecule has 2 unspecified atom stereocenters. The summed E-state index contributed by atoms with van der Waals surface area (Å²) in [5.74, 6) is 0.763. The first kappa shape index (κ1) is 13.4. The van der Waals surface area contributed by atoms with Gasteiger partial charge in [0.05, 0.1) is 0 Å². The molecule has 0 aromatic heterocycles. The lowest BCUT2D eigenvalue weighted by Crippen LogP contribution is -2.44. The van der Waals surface area contributed by atoms with Crippen LogP contribution in [0.4, 0.5) is 5.69 Å².